The van der Waals surface area contributed by atoms with Gasteiger partial charge in [0.1, 0.15) is 54.9 Å². The maximum atomic E-state index is 13.1. The molecule has 14 nitrogen and oxygen atoms in total. The number of hydrogen-bond donors (Lipinski definition) is 7. The van der Waals surface area contributed by atoms with Gasteiger partial charge in [0.15, 0.2) is 12.6 Å². The summed E-state index contributed by atoms with van der Waals surface area (Å²) in [4.78, 5) is 13.1. The van der Waals surface area contributed by atoms with Crippen molar-refractivity contribution in [2.45, 2.75) is 319 Å². The molecule has 7 N–H and O–H groups in total. The lowest BCUT2D eigenvalue weighted by Crippen LogP contribution is -2.61. The molecule has 416 valence electrons. The molecule has 11 unspecified atom stereocenters. The highest BCUT2D eigenvalue weighted by Gasteiger charge is 2.47. The van der Waals surface area contributed by atoms with Crippen LogP contribution in [0.25, 0.3) is 0 Å². The summed E-state index contributed by atoms with van der Waals surface area (Å²) in [6, 6.07) is 0. The molecule has 2 aliphatic rings. The predicted octanol–water partition coefficient (Wildman–Crippen LogP) is 10.0. The number of unbranched alkanes of at least 4 members (excludes halogenated alkanes) is 34. The summed E-state index contributed by atoms with van der Waals surface area (Å²) in [6.07, 6.45) is 30.2. The summed E-state index contributed by atoms with van der Waals surface area (Å²) in [6.45, 7) is 3.76. The van der Waals surface area contributed by atoms with Crippen LogP contribution in [0, 0.1) is 0 Å². The van der Waals surface area contributed by atoms with E-state index in [2.05, 4.69) is 13.8 Å². The first-order chi connectivity index (χ1) is 34.1. The van der Waals surface area contributed by atoms with E-state index < -0.39 is 80.7 Å². The molecule has 0 aromatic heterocycles. The first-order valence-electron chi connectivity index (χ1n) is 29.1. The Morgan fingerprint density at radius 2 is 0.757 bits per heavy atom. The molecule has 2 heterocycles. The first kappa shape index (κ1) is 65.1. The van der Waals surface area contributed by atoms with Gasteiger partial charge < -0.3 is 64.2 Å². The highest BCUT2D eigenvalue weighted by molar-refractivity contribution is 5.69. The van der Waals surface area contributed by atoms with Gasteiger partial charge in [-0.25, -0.2) is 0 Å². The molecule has 0 bridgehead atoms. The zero-order valence-corrected chi connectivity index (χ0v) is 44.5. The minimum Gasteiger partial charge on any atom is -0.457 e. The molecule has 11 atom stereocenters. The summed E-state index contributed by atoms with van der Waals surface area (Å²) < 4.78 is 34.4. The van der Waals surface area contributed by atoms with Gasteiger partial charge in [-0.05, 0) is 12.8 Å². The number of carbonyl (C=O) groups is 1. The Morgan fingerprint density at radius 3 is 1.16 bits per heavy atom. The number of esters is 1. The van der Waals surface area contributed by atoms with Crippen LogP contribution < -0.4 is 0 Å². The third-order valence-corrected chi connectivity index (χ3v) is 14.4. The van der Waals surface area contributed by atoms with E-state index >= 15 is 0 Å². The van der Waals surface area contributed by atoms with E-state index in [1.165, 1.54) is 186 Å². The monoisotopic (exact) mass is 1000 g/mol. The molecule has 70 heavy (non-hydrogen) atoms. The van der Waals surface area contributed by atoms with Gasteiger partial charge in [-0.15, -0.1) is 0 Å². The fraction of sp³-hybridized carbons (Fsp3) is 0.982. The number of aliphatic hydroxyl groups excluding tert-OH is 7. The summed E-state index contributed by atoms with van der Waals surface area (Å²) in [7, 11) is 0. The summed E-state index contributed by atoms with van der Waals surface area (Å²) in [5.41, 5.74) is 0. The van der Waals surface area contributed by atoms with E-state index in [1.54, 1.807) is 0 Å². The number of carbonyl (C=O) groups excluding carboxylic acids is 1. The molecule has 0 spiro atoms. The lowest BCUT2D eigenvalue weighted by atomic mass is 9.98. The van der Waals surface area contributed by atoms with Crippen molar-refractivity contribution in [3.05, 3.63) is 0 Å². The number of hydrogen-bond acceptors (Lipinski definition) is 14. The minimum atomic E-state index is -1.70. The molecule has 0 radical (unpaired) electrons. The van der Waals surface area contributed by atoms with Crippen molar-refractivity contribution >= 4 is 5.97 Å². The van der Waals surface area contributed by atoms with Crippen molar-refractivity contribution in [1.29, 1.82) is 0 Å². The Kier molecular flexibility index (Phi) is 41.2. The molecule has 2 fully saturated rings. The highest BCUT2D eigenvalue weighted by atomic mass is 16.7. The van der Waals surface area contributed by atoms with Gasteiger partial charge >= 0.3 is 5.97 Å². The van der Waals surface area contributed by atoms with Crippen LogP contribution in [-0.2, 0) is 33.2 Å². The van der Waals surface area contributed by atoms with E-state index in [0.717, 1.165) is 44.9 Å². The van der Waals surface area contributed by atoms with E-state index in [9.17, 15) is 40.5 Å². The zero-order chi connectivity index (χ0) is 50.9. The van der Waals surface area contributed by atoms with Crippen molar-refractivity contribution in [2.75, 3.05) is 33.0 Å². The molecule has 0 aromatic carbocycles. The highest BCUT2D eigenvalue weighted by Crippen LogP contribution is 2.27. The molecule has 14 heteroatoms. The minimum absolute atomic E-state index is 0.0709. The van der Waals surface area contributed by atoms with Gasteiger partial charge in [0.05, 0.1) is 26.4 Å². The molecule has 0 saturated carbocycles. The summed E-state index contributed by atoms with van der Waals surface area (Å²) in [5, 5.41) is 72.3. The maximum absolute atomic E-state index is 13.1. The Balaban J connectivity index is 1.71. The smallest absolute Gasteiger partial charge is 0.306 e. The normalized spacial score (nSPS) is 25.4. The van der Waals surface area contributed by atoms with Gasteiger partial charge in [0, 0.05) is 13.0 Å². The molecule has 0 amide bonds. The Hall–Kier alpha value is -1.01. The van der Waals surface area contributed by atoms with Crippen LogP contribution in [0.15, 0.2) is 0 Å². The molecule has 2 saturated heterocycles. The van der Waals surface area contributed by atoms with Crippen LogP contribution in [0.1, 0.15) is 251 Å². The maximum Gasteiger partial charge on any atom is 0.306 e. The topological polar surface area (TPSA) is 214 Å². The largest absolute Gasteiger partial charge is 0.457 e. The average Bonchev–Trinajstić information content (AvgIpc) is 3.36. The van der Waals surface area contributed by atoms with Crippen LogP contribution in [0.4, 0.5) is 0 Å². The van der Waals surface area contributed by atoms with Crippen LogP contribution in [0.5, 0.6) is 0 Å². The van der Waals surface area contributed by atoms with Crippen molar-refractivity contribution in [3.63, 3.8) is 0 Å². The van der Waals surface area contributed by atoms with Crippen molar-refractivity contribution in [1.82, 2.24) is 0 Å². The van der Waals surface area contributed by atoms with E-state index in [0.29, 0.717) is 6.61 Å². The zero-order valence-electron chi connectivity index (χ0n) is 44.5. The fourth-order valence-corrected chi connectivity index (χ4v) is 9.64. The molecule has 0 aromatic rings. The standard InChI is InChI=1S/C56H108O14/c1-3-5-7-9-11-13-15-17-19-21-22-23-25-27-29-31-33-35-37-39-48(58)68-45(42-65-40-38-36-34-32-30-28-26-24-20-18-16-14-12-10-8-6-4-2)43-66-55-54(64)52(62)50(60)47(70-55)44-67-56-53(63)51(61)49(59)46(41-57)69-56/h45-47,49-57,59-64H,3-44H2,1-2H3. The lowest BCUT2D eigenvalue weighted by Gasteiger charge is -2.42. The number of aliphatic hydroxyl groups is 7. The van der Waals surface area contributed by atoms with Crippen LogP contribution >= 0.6 is 0 Å². The molecular weight excluding hydrogens is 897 g/mol. The van der Waals surface area contributed by atoms with Gasteiger partial charge in [-0.2, -0.15) is 0 Å². The number of ether oxygens (including phenoxy) is 6. The molecular formula is C56H108O14. The Bertz CT molecular complexity index is 1170. The van der Waals surface area contributed by atoms with Gasteiger partial charge in [0.25, 0.3) is 0 Å². The fourth-order valence-electron chi connectivity index (χ4n) is 9.64. The van der Waals surface area contributed by atoms with E-state index in [4.69, 9.17) is 28.4 Å². The van der Waals surface area contributed by atoms with Crippen LogP contribution in [0.2, 0.25) is 0 Å². The summed E-state index contributed by atoms with van der Waals surface area (Å²) >= 11 is 0. The van der Waals surface area contributed by atoms with Gasteiger partial charge in [0.2, 0.25) is 0 Å². The SMILES string of the molecule is CCCCCCCCCCCCCCCCCCCCCC(=O)OC(COCCCCCCCCCCCCCCCCCCC)COC1OC(COC2OC(CO)C(O)C(O)C2O)C(O)C(O)C1O. The molecule has 2 aliphatic heterocycles. The van der Waals surface area contributed by atoms with E-state index in [1.807, 2.05) is 0 Å². The number of rotatable bonds is 48. The molecule has 2 rings (SSSR count). The van der Waals surface area contributed by atoms with Crippen molar-refractivity contribution < 1.29 is 69.0 Å². The average molecular weight is 1010 g/mol. The predicted molar refractivity (Wildman–Crippen MR) is 275 cm³/mol. The van der Waals surface area contributed by atoms with Gasteiger partial charge in [-0.3, -0.25) is 4.79 Å². The molecule has 0 aliphatic carbocycles. The first-order valence-corrected chi connectivity index (χ1v) is 29.1. The van der Waals surface area contributed by atoms with Crippen molar-refractivity contribution in [2.24, 2.45) is 0 Å². The van der Waals surface area contributed by atoms with Crippen molar-refractivity contribution in [3.8, 4) is 0 Å². The van der Waals surface area contributed by atoms with Crippen LogP contribution in [-0.4, -0.2) is 142 Å². The third kappa shape index (κ3) is 31.0. The second-order valence-corrected chi connectivity index (χ2v) is 20.8. The third-order valence-electron chi connectivity index (χ3n) is 14.4. The lowest BCUT2D eigenvalue weighted by molar-refractivity contribution is -0.332. The Labute approximate surface area is 425 Å². The quantitative estimate of drug-likeness (QED) is 0.0223. The second kappa shape index (κ2) is 44.3. The van der Waals surface area contributed by atoms with Crippen LogP contribution in [0.3, 0.4) is 0 Å². The Morgan fingerprint density at radius 1 is 0.414 bits per heavy atom. The summed E-state index contributed by atoms with van der Waals surface area (Å²) in [5.74, 6) is -0.367. The van der Waals surface area contributed by atoms with E-state index in [-0.39, 0.29) is 25.6 Å². The second-order valence-electron chi connectivity index (χ2n) is 20.8. The van der Waals surface area contributed by atoms with Gasteiger partial charge in [-0.1, -0.05) is 232 Å².